The highest BCUT2D eigenvalue weighted by Gasteiger charge is 2.20. The van der Waals surface area contributed by atoms with Gasteiger partial charge in [0.25, 0.3) is 10.0 Å². The zero-order valence-electron chi connectivity index (χ0n) is 19.3. The number of aromatic amines is 1. The van der Waals surface area contributed by atoms with Gasteiger partial charge < -0.3 is 10.3 Å². The topological polar surface area (TPSA) is 140 Å². The summed E-state index contributed by atoms with van der Waals surface area (Å²) >= 11 is 12.0. The molecule has 0 saturated carbocycles. The molecule has 0 aliphatic rings. The second-order valence-electron chi connectivity index (χ2n) is 8.02. The maximum Gasteiger partial charge on any atom is 0.325 e. The molecule has 0 aliphatic carbocycles. The fourth-order valence-corrected chi connectivity index (χ4v) is 5.57. The van der Waals surface area contributed by atoms with Crippen molar-refractivity contribution in [1.82, 2.24) is 29.3 Å². The highest BCUT2D eigenvalue weighted by Crippen LogP contribution is 2.31. The van der Waals surface area contributed by atoms with Crippen LogP contribution in [0.5, 0.6) is 0 Å². The molecule has 0 aliphatic heterocycles. The minimum absolute atomic E-state index is 0.0412. The first-order valence-electron chi connectivity index (χ1n) is 11.0. The van der Waals surface area contributed by atoms with Crippen LogP contribution in [-0.2, 0) is 23.6 Å². The Bertz CT molecular complexity index is 1760. The van der Waals surface area contributed by atoms with Crippen LogP contribution in [0.15, 0.2) is 70.7 Å². The van der Waals surface area contributed by atoms with E-state index in [1.807, 2.05) is 0 Å². The number of hydrogen-bond donors (Lipinski definition) is 3. The minimum Gasteiger partial charge on any atom is -0.352 e. The lowest BCUT2D eigenvalue weighted by Crippen LogP contribution is -2.21. The third kappa shape index (κ3) is 5.03. The van der Waals surface area contributed by atoms with E-state index < -0.39 is 10.0 Å². The molecule has 0 atom stereocenters. The second-order valence-corrected chi connectivity index (χ2v) is 10.5. The third-order valence-electron chi connectivity index (χ3n) is 5.55. The number of halogens is 2. The summed E-state index contributed by atoms with van der Waals surface area (Å²) < 4.78 is 31.3. The van der Waals surface area contributed by atoms with Gasteiger partial charge in [-0.3, -0.25) is 9.29 Å². The molecule has 0 saturated heterocycles. The highest BCUT2D eigenvalue weighted by atomic mass is 35.5. The van der Waals surface area contributed by atoms with Crippen LogP contribution in [0.3, 0.4) is 0 Å². The Morgan fingerprint density at radius 1 is 1.11 bits per heavy atom. The molecule has 3 aromatic heterocycles. The van der Waals surface area contributed by atoms with E-state index in [2.05, 4.69) is 30.1 Å². The van der Waals surface area contributed by atoms with E-state index in [9.17, 15) is 13.2 Å². The quantitative estimate of drug-likeness (QED) is 0.263. The maximum atomic E-state index is 12.8. The Hall–Kier alpha value is -3.87. The number of H-pyrrole nitrogens is 1. The SMILES string of the molecule is Cn1nc(-c2ccc(NS(=O)(=O)c3cccc(Cl)c3Cl)cc2)c2cnc(NCCn3cc[nH]c3=O)nc21. The molecule has 0 spiro atoms. The molecule has 5 aromatic rings. The second kappa shape index (κ2) is 9.88. The number of benzene rings is 2. The summed E-state index contributed by atoms with van der Waals surface area (Å²) in [4.78, 5) is 23.0. The maximum absolute atomic E-state index is 12.8. The molecule has 0 amide bonds. The Balaban J connectivity index is 1.34. The molecular formula is C23H20Cl2N8O3S. The van der Waals surface area contributed by atoms with Crippen molar-refractivity contribution in [2.75, 3.05) is 16.6 Å². The first kappa shape index (κ1) is 24.8. The largest absolute Gasteiger partial charge is 0.352 e. The van der Waals surface area contributed by atoms with E-state index in [-0.39, 0.29) is 20.6 Å². The fraction of sp³-hybridized carbons (Fsp3) is 0.130. The van der Waals surface area contributed by atoms with Crippen molar-refractivity contribution in [3.8, 4) is 11.3 Å². The summed E-state index contributed by atoms with van der Waals surface area (Å²) in [5, 5.41) is 8.52. The predicted molar refractivity (Wildman–Crippen MR) is 143 cm³/mol. The zero-order valence-corrected chi connectivity index (χ0v) is 21.6. The van der Waals surface area contributed by atoms with Crippen molar-refractivity contribution >= 4 is 55.9 Å². The van der Waals surface area contributed by atoms with Crippen LogP contribution in [0.2, 0.25) is 10.0 Å². The lowest BCUT2D eigenvalue weighted by Gasteiger charge is -2.10. The van der Waals surface area contributed by atoms with Crippen LogP contribution in [0.4, 0.5) is 11.6 Å². The Morgan fingerprint density at radius 3 is 2.62 bits per heavy atom. The zero-order chi connectivity index (χ0) is 26.2. The van der Waals surface area contributed by atoms with E-state index in [4.69, 9.17) is 23.2 Å². The molecule has 0 unspecified atom stereocenters. The van der Waals surface area contributed by atoms with Gasteiger partial charge in [-0.1, -0.05) is 41.4 Å². The molecule has 3 N–H and O–H groups in total. The lowest BCUT2D eigenvalue weighted by atomic mass is 10.1. The first-order valence-corrected chi connectivity index (χ1v) is 13.2. The molecule has 0 bridgehead atoms. The number of rotatable bonds is 8. The van der Waals surface area contributed by atoms with E-state index in [1.165, 1.54) is 18.2 Å². The number of aromatic nitrogens is 6. The van der Waals surface area contributed by atoms with Gasteiger partial charge in [-0.05, 0) is 24.3 Å². The van der Waals surface area contributed by atoms with Gasteiger partial charge in [-0.2, -0.15) is 10.1 Å². The van der Waals surface area contributed by atoms with E-state index >= 15 is 0 Å². The predicted octanol–water partition coefficient (Wildman–Crippen LogP) is 3.74. The standard InChI is InChI=1S/C23H20Cl2N8O3S/c1-32-21-16(13-28-22(29-21)26-9-11-33-12-10-27-23(33)34)20(30-32)14-5-7-15(8-6-14)31-37(35,36)18-4-2-3-17(24)19(18)25/h2-8,10,12-13,31H,9,11H2,1H3,(H,27,34)(H,26,28,29). The van der Waals surface area contributed by atoms with Gasteiger partial charge in [0.1, 0.15) is 10.6 Å². The number of nitrogens with zero attached hydrogens (tertiary/aromatic N) is 5. The molecule has 37 heavy (non-hydrogen) atoms. The number of fused-ring (bicyclic) bond motifs is 1. The summed E-state index contributed by atoms with van der Waals surface area (Å²) in [7, 11) is -2.16. The van der Waals surface area contributed by atoms with Crippen molar-refractivity contribution in [1.29, 1.82) is 0 Å². The monoisotopic (exact) mass is 558 g/mol. The van der Waals surface area contributed by atoms with Crippen molar-refractivity contribution < 1.29 is 8.42 Å². The molecule has 190 valence electrons. The Kier molecular flexibility index (Phi) is 6.63. The van der Waals surface area contributed by atoms with Crippen molar-refractivity contribution in [2.24, 2.45) is 7.05 Å². The molecular weight excluding hydrogens is 539 g/mol. The van der Waals surface area contributed by atoms with Crippen LogP contribution in [0.25, 0.3) is 22.3 Å². The summed E-state index contributed by atoms with van der Waals surface area (Å²) in [5.74, 6) is 0.412. The summed E-state index contributed by atoms with van der Waals surface area (Å²) in [6, 6.07) is 11.2. The summed E-state index contributed by atoms with van der Waals surface area (Å²) in [6.45, 7) is 0.922. The van der Waals surface area contributed by atoms with Gasteiger partial charge in [0.15, 0.2) is 5.65 Å². The first-order chi connectivity index (χ1) is 17.7. The Morgan fingerprint density at radius 2 is 1.89 bits per heavy atom. The molecule has 14 heteroatoms. The highest BCUT2D eigenvalue weighted by molar-refractivity contribution is 7.92. The molecule has 2 aromatic carbocycles. The van der Waals surface area contributed by atoms with E-state index in [1.54, 1.807) is 59.2 Å². The van der Waals surface area contributed by atoms with Crippen molar-refractivity contribution in [3.63, 3.8) is 0 Å². The third-order valence-corrected chi connectivity index (χ3v) is 7.91. The number of sulfonamides is 1. The number of anilines is 2. The van der Waals surface area contributed by atoms with Crippen LogP contribution in [-0.4, -0.2) is 44.3 Å². The molecule has 5 rings (SSSR count). The number of aryl methyl sites for hydroxylation is 1. The molecule has 0 fully saturated rings. The van der Waals surface area contributed by atoms with Gasteiger partial charge in [-0.25, -0.2) is 22.9 Å². The summed E-state index contributed by atoms with van der Waals surface area (Å²) in [5.41, 5.74) is 2.19. The van der Waals surface area contributed by atoms with Gasteiger partial charge in [0.05, 0.1) is 15.4 Å². The van der Waals surface area contributed by atoms with Crippen molar-refractivity contribution in [3.05, 3.63) is 81.6 Å². The lowest BCUT2D eigenvalue weighted by molar-refractivity contribution is 0.601. The van der Waals surface area contributed by atoms with E-state index in [0.717, 1.165) is 10.9 Å². The van der Waals surface area contributed by atoms with Gasteiger partial charge in [0.2, 0.25) is 5.95 Å². The molecule has 11 nitrogen and oxygen atoms in total. The van der Waals surface area contributed by atoms with E-state index in [0.29, 0.717) is 36.1 Å². The Labute approximate surface area is 221 Å². The smallest absolute Gasteiger partial charge is 0.325 e. The molecule has 0 radical (unpaired) electrons. The summed E-state index contributed by atoms with van der Waals surface area (Å²) in [6.07, 6.45) is 4.93. The average molecular weight is 559 g/mol. The van der Waals surface area contributed by atoms with Gasteiger partial charge in [0, 0.05) is 50.0 Å². The van der Waals surface area contributed by atoms with Crippen LogP contribution in [0, 0.1) is 0 Å². The van der Waals surface area contributed by atoms with Crippen molar-refractivity contribution in [2.45, 2.75) is 11.4 Å². The fourth-order valence-electron chi connectivity index (χ4n) is 3.75. The average Bonchev–Trinajstić information content (AvgIpc) is 3.43. The number of imidazole rings is 1. The van der Waals surface area contributed by atoms with Gasteiger partial charge in [-0.15, -0.1) is 0 Å². The van der Waals surface area contributed by atoms with Crippen LogP contribution >= 0.6 is 23.2 Å². The molecule has 3 heterocycles. The minimum atomic E-state index is -3.94. The van der Waals surface area contributed by atoms with Crippen LogP contribution in [0.1, 0.15) is 0 Å². The van der Waals surface area contributed by atoms with Gasteiger partial charge >= 0.3 is 5.69 Å². The number of nitrogens with one attached hydrogen (secondary N) is 3. The normalized spacial score (nSPS) is 11.6. The number of hydrogen-bond acceptors (Lipinski definition) is 7. The van der Waals surface area contributed by atoms with Crippen LogP contribution < -0.4 is 15.7 Å².